The van der Waals surface area contributed by atoms with E-state index in [1.807, 2.05) is 11.6 Å². The minimum Gasteiger partial charge on any atom is -0.354 e. The predicted molar refractivity (Wildman–Crippen MR) is 69.8 cm³/mol. The van der Waals surface area contributed by atoms with Crippen LogP contribution in [-0.2, 0) is 22.4 Å². The van der Waals surface area contributed by atoms with Gasteiger partial charge in [0.15, 0.2) is 6.29 Å². The van der Waals surface area contributed by atoms with E-state index in [9.17, 15) is 0 Å². The van der Waals surface area contributed by atoms with Gasteiger partial charge in [0.25, 0.3) is 0 Å². The molecule has 1 aromatic heterocycles. The van der Waals surface area contributed by atoms with Crippen molar-refractivity contribution in [3.63, 3.8) is 0 Å². The Balaban J connectivity index is 2.86. The molecule has 0 aromatic carbocycles. The summed E-state index contributed by atoms with van der Waals surface area (Å²) in [7, 11) is 3.18. The molecule has 0 saturated heterocycles. The van der Waals surface area contributed by atoms with Gasteiger partial charge in [0, 0.05) is 27.2 Å². The number of nitrogens with two attached hydrogens (primary N) is 1. The quantitative estimate of drug-likeness (QED) is 0.808. The van der Waals surface area contributed by atoms with E-state index in [1.165, 1.54) is 0 Å². The number of nitrogens with zero attached hydrogens (tertiary/aromatic N) is 2. The van der Waals surface area contributed by atoms with Gasteiger partial charge in [-0.05, 0) is 29.8 Å². The molecule has 1 unspecified atom stereocenters. The van der Waals surface area contributed by atoms with E-state index < -0.39 is 6.29 Å². The Morgan fingerprint density at radius 2 is 2.00 bits per heavy atom. The van der Waals surface area contributed by atoms with E-state index in [0.717, 1.165) is 22.4 Å². The molecule has 0 saturated carbocycles. The van der Waals surface area contributed by atoms with Crippen molar-refractivity contribution in [2.45, 2.75) is 39.1 Å². The van der Waals surface area contributed by atoms with Crippen molar-refractivity contribution in [1.82, 2.24) is 9.78 Å². The second kappa shape index (κ2) is 6.49. The molecule has 0 aliphatic carbocycles. The molecular weight excluding hydrogens is 286 g/mol. The second-order valence-electron chi connectivity index (χ2n) is 3.87. The lowest BCUT2D eigenvalue weighted by molar-refractivity contribution is -0.116. The van der Waals surface area contributed by atoms with Gasteiger partial charge in [0.2, 0.25) is 0 Å². The normalized spacial score (nSPS) is 13.4. The van der Waals surface area contributed by atoms with Crippen molar-refractivity contribution in [2.24, 2.45) is 5.73 Å². The first-order chi connectivity index (χ1) is 8.04. The first kappa shape index (κ1) is 14.6. The molecule has 5 nitrogen and oxygen atoms in total. The van der Waals surface area contributed by atoms with E-state index in [1.54, 1.807) is 14.2 Å². The maximum absolute atomic E-state index is 6.06. The molecule has 6 heteroatoms. The Bertz CT molecular complexity index is 364. The highest BCUT2D eigenvalue weighted by molar-refractivity contribution is 9.10. The third kappa shape index (κ3) is 3.28. The molecule has 1 aromatic rings. The predicted octanol–water partition coefficient (Wildman–Crippen LogP) is 1.46. The van der Waals surface area contributed by atoms with Crippen LogP contribution in [0.5, 0.6) is 0 Å². The average molecular weight is 306 g/mol. The number of hydrogen-bond donors (Lipinski definition) is 1. The lowest BCUT2D eigenvalue weighted by Gasteiger charge is -2.21. The van der Waals surface area contributed by atoms with Gasteiger partial charge < -0.3 is 15.2 Å². The van der Waals surface area contributed by atoms with E-state index in [4.69, 9.17) is 15.2 Å². The van der Waals surface area contributed by atoms with Gasteiger partial charge in [-0.25, -0.2) is 0 Å². The zero-order valence-electron chi connectivity index (χ0n) is 10.7. The first-order valence-electron chi connectivity index (χ1n) is 5.58. The highest BCUT2D eigenvalue weighted by Gasteiger charge is 2.21. The summed E-state index contributed by atoms with van der Waals surface area (Å²) in [4.78, 5) is 0. The molecule has 2 N–H and O–H groups in total. The van der Waals surface area contributed by atoms with Gasteiger partial charge >= 0.3 is 0 Å². The number of rotatable bonds is 6. The molecule has 0 aliphatic heterocycles. The van der Waals surface area contributed by atoms with Crippen molar-refractivity contribution in [2.75, 3.05) is 14.2 Å². The SMILES string of the molecule is CCn1nc(C)c(Br)c1CC(N)C(OC)OC. The van der Waals surface area contributed by atoms with E-state index >= 15 is 0 Å². The molecule has 98 valence electrons. The molecule has 0 fully saturated rings. The maximum atomic E-state index is 6.06. The zero-order chi connectivity index (χ0) is 13.0. The van der Waals surface area contributed by atoms with E-state index in [2.05, 4.69) is 28.0 Å². The van der Waals surface area contributed by atoms with Crippen molar-refractivity contribution >= 4 is 15.9 Å². The Morgan fingerprint density at radius 3 is 2.47 bits per heavy atom. The summed E-state index contributed by atoms with van der Waals surface area (Å²) in [5, 5.41) is 4.43. The van der Waals surface area contributed by atoms with Crippen LogP contribution in [0.15, 0.2) is 4.47 Å². The van der Waals surface area contributed by atoms with Crippen LogP contribution >= 0.6 is 15.9 Å². The minimum atomic E-state index is -0.401. The summed E-state index contributed by atoms with van der Waals surface area (Å²) in [6, 6.07) is -0.220. The highest BCUT2D eigenvalue weighted by atomic mass is 79.9. The van der Waals surface area contributed by atoms with Crippen molar-refractivity contribution in [1.29, 1.82) is 0 Å². The standard InChI is InChI=1S/C11H20BrN3O2/c1-5-15-9(10(12)7(2)14-15)6-8(13)11(16-3)17-4/h8,11H,5-6,13H2,1-4H3. The number of aromatic nitrogens is 2. The van der Waals surface area contributed by atoms with Crippen LogP contribution in [0.4, 0.5) is 0 Å². The molecule has 0 bridgehead atoms. The van der Waals surface area contributed by atoms with E-state index in [0.29, 0.717) is 6.42 Å². The van der Waals surface area contributed by atoms with Crippen LogP contribution in [-0.4, -0.2) is 36.3 Å². The van der Waals surface area contributed by atoms with Crippen LogP contribution in [0.25, 0.3) is 0 Å². The van der Waals surface area contributed by atoms with Crippen LogP contribution in [0.2, 0.25) is 0 Å². The summed E-state index contributed by atoms with van der Waals surface area (Å²) in [5.41, 5.74) is 8.11. The number of methoxy groups -OCH3 is 2. The van der Waals surface area contributed by atoms with Crippen molar-refractivity contribution in [3.8, 4) is 0 Å². The molecule has 0 radical (unpaired) electrons. The number of ether oxygens (including phenoxy) is 2. The average Bonchev–Trinajstić information content (AvgIpc) is 2.58. The van der Waals surface area contributed by atoms with E-state index in [-0.39, 0.29) is 6.04 Å². The molecule has 1 heterocycles. The smallest absolute Gasteiger partial charge is 0.172 e. The lowest BCUT2D eigenvalue weighted by atomic mass is 10.1. The Kier molecular flexibility index (Phi) is 5.58. The van der Waals surface area contributed by atoms with Crippen LogP contribution in [0.1, 0.15) is 18.3 Å². The number of halogens is 1. The van der Waals surface area contributed by atoms with Crippen LogP contribution in [0, 0.1) is 6.92 Å². The van der Waals surface area contributed by atoms with Gasteiger partial charge in [-0.1, -0.05) is 0 Å². The van der Waals surface area contributed by atoms with Crippen molar-refractivity contribution in [3.05, 3.63) is 15.9 Å². The number of aryl methyl sites for hydroxylation is 2. The second-order valence-corrected chi connectivity index (χ2v) is 4.66. The fourth-order valence-corrected chi connectivity index (χ4v) is 2.28. The zero-order valence-corrected chi connectivity index (χ0v) is 12.3. The molecule has 0 amide bonds. The van der Waals surface area contributed by atoms with Gasteiger partial charge in [-0.15, -0.1) is 0 Å². The Hall–Kier alpha value is -0.430. The van der Waals surface area contributed by atoms with Gasteiger partial charge in [-0.2, -0.15) is 5.10 Å². The van der Waals surface area contributed by atoms with Gasteiger partial charge in [-0.3, -0.25) is 4.68 Å². The molecular formula is C11H20BrN3O2. The molecule has 17 heavy (non-hydrogen) atoms. The summed E-state index contributed by atoms with van der Waals surface area (Å²) in [5.74, 6) is 0. The summed E-state index contributed by atoms with van der Waals surface area (Å²) in [6.45, 7) is 4.84. The molecule has 0 spiro atoms. The summed E-state index contributed by atoms with van der Waals surface area (Å²) in [6.07, 6.45) is 0.254. The van der Waals surface area contributed by atoms with Crippen LogP contribution < -0.4 is 5.73 Å². The topological polar surface area (TPSA) is 62.3 Å². The van der Waals surface area contributed by atoms with Gasteiger partial charge in [0.05, 0.1) is 21.9 Å². The molecule has 1 atom stereocenters. The fraction of sp³-hybridized carbons (Fsp3) is 0.727. The number of hydrogen-bond acceptors (Lipinski definition) is 4. The largest absolute Gasteiger partial charge is 0.354 e. The Labute approximate surface area is 110 Å². The summed E-state index contributed by atoms with van der Waals surface area (Å²) >= 11 is 3.54. The van der Waals surface area contributed by atoms with Crippen LogP contribution in [0.3, 0.4) is 0 Å². The minimum absolute atomic E-state index is 0.220. The maximum Gasteiger partial charge on any atom is 0.172 e. The van der Waals surface area contributed by atoms with Crippen molar-refractivity contribution < 1.29 is 9.47 Å². The first-order valence-corrected chi connectivity index (χ1v) is 6.37. The third-order valence-electron chi connectivity index (χ3n) is 2.70. The lowest BCUT2D eigenvalue weighted by Crippen LogP contribution is -2.39. The highest BCUT2D eigenvalue weighted by Crippen LogP contribution is 2.22. The Morgan fingerprint density at radius 1 is 1.41 bits per heavy atom. The third-order valence-corrected chi connectivity index (χ3v) is 3.73. The fourth-order valence-electron chi connectivity index (χ4n) is 1.83. The molecule has 1 rings (SSSR count). The van der Waals surface area contributed by atoms with Gasteiger partial charge in [0.1, 0.15) is 0 Å². The summed E-state index contributed by atoms with van der Waals surface area (Å²) < 4.78 is 13.3. The molecule has 0 aliphatic rings. The monoisotopic (exact) mass is 305 g/mol.